The molecule has 3 aromatic rings. The third-order valence-electron chi connectivity index (χ3n) is 6.13. The van der Waals surface area contributed by atoms with Gasteiger partial charge in [0.05, 0.1) is 5.92 Å². The second-order valence-corrected chi connectivity index (χ2v) is 8.54. The fraction of sp³-hybridized carbons (Fsp3) is 0.259. The van der Waals surface area contributed by atoms with Gasteiger partial charge in [-0.15, -0.1) is 0 Å². The van der Waals surface area contributed by atoms with Crippen molar-refractivity contribution in [3.63, 3.8) is 0 Å². The summed E-state index contributed by atoms with van der Waals surface area (Å²) in [5, 5.41) is 2.98. The van der Waals surface area contributed by atoms with E-state index in [2.05, 4.69) is 5.32 Å². The number of carbonyl (C=O) groups is 2. The minimum Gasteiger partial charge on any atom is -0.352 e. The quantitative estimate of drug-likeness (QED) is 0.642. The van der Waals surface area contributed by atoms with Crippen LogP contribution >= 0.6 is 0 Å². The smallest absolute Gasteiger partial charge is 0.253 e. The summed E-state index contributed by atoms with van der Waals surface area (Å²) in [5.74, 6) is -0.901. The predicted molar refractivity (Wildman–Crippen MR) is 123 cm³/mol. The summed E-state index contributed by atoms with van der Waals surface area (Å²) >= 11 is 0. The number of hydrogen-bond donors (Lipinski definition) is 1. The molecule has 1 N–H and O–H groups in total. The summed E-state index contributed by atoms with van der Waals surface area (Å²) in [5.41, 5.74) is 4.76. The number of halogens is 1. The van der Waals surface area contributed by atoms with Crippen molar-refractivity contribution in [2.75, 3.05) is 13.1 Å². The Morgan fingerprint density at radius 3 is 2.09 bits per heavy atom. The van der Waals surface area contributed by atoms with Crippen LogP contribution < -0.4 is 5.32 Å². The summed E-state index contributed by atoms with van der Waals surface area (Å²) < 4.78 is 13.2. The van der Waals surface area contributed by atoms with Crippen LogP contribution in [0.3, 0.4) is 0 Å². The van der Waals surface area contributed by atoms with E-state index in [1.165, 1.54) is 12.1 Å². The number of amides is 2. The van der Waals surface area contributed by atoms with Gasteiger partial charge < -0.3 is 10.2 Å². The van der Waals surface area contributed by atoms with Gasteiger partial charge in [-0.2, -0.15) is 0 Å². The van der Waals surface area contributed by atoms with Gasteiger partial charge in [-0.1, -0.05) is 59.7 Å². The molecule has 2 atom stereocenters. The van der Waals surface area contributed by atoms with Crippen LogP contribution in [0, 0.1) is 25.6 Å². The van der Waals surface area contributed by atoms with Gasteiger partial charge in [-0.25, -0.2) is 4.39 Å². The Balaban J connectivity index is 1.53. The highest BCUT2D eigenvalue weighted by Crippen LogP contribution is 2.34. The summed E-state index contributed by atoms with van der Waals surface area (Å²) in [4.78, 5) is 28.1. The molecular formula is C27H27FN2O2. The molecule has 1 aliphatic heterocycles. The van der Waals surface area contributed by atoms with Gasteiger partial charge in [-0.3, -0.25) is 9.59 Å². The summed E-state index contributed by atoms with van der Waals surface area (Å²) in [6.45, 7) is 5.19. The van der Waals surface area contributed by atoms with Gasteiger partial charge in [0.1, 0.15) is 5.82 Å². The molecule has 32 heavy (non-hydrogen) atoms. The lowest BCUT2D eigenvalue weighted by Crippen LogP contribution is -2.35. The zero-order valence-electron chi connectivity index (χ0n) is 18.3. The van der Waals surface area contributed by atoms with E-state index in [0.29, 0.717) is 25.2 Å². The van der Waals surface area contributed by atoms with Crippen LogP contribution in [0.25, 0.3) is 0 Å². The maximum absolute atomic E-state index is 13.2. The predicted octanol–water partition coefficient (Wildman–Crippen LogP) is 4.61. The van der Waals surface area contributed by atoms with Crippen LogP contribution in [-0.4, -0.2) is 29.8 Å². The first-order valence-corrected chi connectivity index (χ1v) is 10.9. The van der Waals surface area contributed by atoms with Crippen LogP contribution in [0.1, 0.15) is 38.5 Å². The van der Waals surface area contributed by atoms with Crippen molar-refractivity contribution in [1.82, 2.24) is 10.2 Å². The lowest BCUT2D eigenvalue weighted by atomic mass is 9.88. The Morgan fingerprint density at radius 1 is 0.875 bits per heavy atom. The number of carbonyl (C=O) groups excluding carboxylic acids is 2. The molecule has 0 aliphatic carbocycles. The number of hydrogen-bond acceptors (Lipinski definition) is 2. The third-order valence-corrected chi connectivity index (χ3v) is 6.13. The topological polar surface area (TPSA) is 49.4 Å². The lowest BCUT2D eigenvalue weighted by molar-refractivity contribution is -0.125. The number of rotatable bonds is 5. The number of nitrogens with one attached hydrogen (secondary N) is 1. The van der Waals surface area contributed by atoms with Crippen LogP contribution in [0.2, 0.25) is 0 Å². The SMILES string of the molecule is Cc1ccc(C(=O)N2CC(C(=O)NCc3ccc(F)cc3)C(c3ccc(C)cc3)C2)cc1. The van der Waals surface area contributed by atoms with E-state index in [4.69, 9.17) is 0 Å². The normalized spacial score (nSPS) is 17.9. The van der Waals surface area contributed by atoms with E-state index in [-0.39, 0.29) is 29.5 Å². The van der Waals surface area contributed by atoms with Crippen molar-refractivity contribution in [3.8, 4) is 0 Å². The Morgan fingerprint density at radius 2 is 1.47 bits per heavy atom. The van der Waals surface area contributed by atoms with Crippen LogP contribution in [0.5, 0.6) is 0 Å². The maximum Gasteiger partial charge on any atom is 0.253 e. The summed E-state index contributed by atoms with van der Waals surface area (Å²) in [7, 11) is 0. The second-order valence-electron chi connectivity index (χ2n) is 8.54. The van der Waals surface area contributed by atoms with E-state index in [9.17, 15) is 14.0 Å². The number of likely N-dealkylation sites (tertiary alicyclic amines) is 1. The fourth-order valence-electron chi connectivity index (χ4n) is 4.19. The lowest BCUT2D eigenvalue weighted by Gasteiger charge is -2.18. The van der Waals surface area contributed by atoms with E-state index in [1.807, 2.05) is 62.4 Å². The highest BCUT2D eigenvalue weighted by atomic mass is 19.1. The number of nitrogens with zero attached hydrogens (tertiary/aromatic N) is 1. The first-order valence-electron chi connectivity index (χ1n) is 10.9. The largest absolute Gasteiger partial charge is 0.352 e. The van der Waals surface area contributed by atoms with E-state index < -0.39 is 0 Å². The summed E-state index contributed by atoms with van der Waals surface area (Å²) in [6.07, 6.45) is 0. The van der Waals surface area contributed by atoms with Crippen molar-refractivity contribution in [3.05, 3.63) is 106 Å². The molecule has 4 rings (SSSR count). The molecule has 1 saturated heterocycles. The van der Waals surface area contributed by atoms with Gasteiger partial charge in [0.2, 0.25) is 5.91 Å². The molecule has 0 radical (unpaired) electrons. The number of benzene rings is 3. The van der Waals surface area contributed by atoms with Crippen molar-refractivity contribution < 1.29 is 14.0 Å². The summed E-state index contributed by atoms with van der Waals surface area (Å²) in [6, 6.07) is 21.8. The second kappa shape index (κ2) is 9.35. The van der Waals surface area contributed by atoms with Crippen molar-refractivity contribution in [1.29, 1.82) is 0 Å². The molecule has 1 fully saturated rings. The zero-order valence-corrected chi connectivity index (χ0v) is 18.3. The Hall–Kier alpha value is -3.47. The monoisotopic (exact) mass is 430 g/mol. The first-order chi connectivity index (χ1) is 15.4. The van der Waals surface area contributed by atoms with Crippen LogP contribution in [0.15, 0.2) is 72.8 Å². The number of aryl methyl sites for hydroxylation is 2. The van der Waals surface area contributed by atoms with Gasteiger partial charge in [0.25, 0.3) is 5.91 Å². The van der Waals surface area contributed by atoms with Crippen molar-refractivity contribution in [2.45, 2.75) is 26.3 Å². The third kappa shape index (κ3) is 4.88. The zero-order chi connectivity index (χ0) is 22.7. The average molecular weight is 431 g/mol. The molecular weight excluding hydrogens is 403 g/mol. The molecule has 0 aromatic heterocycles. The Kier molecular flexibility index (Phi) is 6.35. The molecule has 4 nitrogen and oxygen atoms in total. The molecule has 0 spiro atoms. The standard InChI is InChI=1S/C27H27FN2O2/c1-18-3-9-21(10-4-18)24-16-30(27(32)22-11-5-19(2)6-12-22)17-25(24)26(31)29-15-20-7-13-23(28)14-8-20/h3-14,24-25H,15-17H2,1-2H3,(H,29,31). The van der Waals surface area contributed by atoms with Gasteiger partial charge in [-0.05, 0) is 49.2 Å². The van der Waals surface area contributed by atoms with Gasteiger partial charge in [0.15, 0.2) is 0 Å². The first kappa shape index (κ1) is 21.8. The van der Waals surface area contributed by atoms with Gasteiger partial charge >= 0.3 is 0 Å². The molecule has 3 aromatic carbocycles. The molecule has 0 bridgehead atoms. The minimum absolute atomic E-state index is 0.0593. The van der Waals surface area contributed by atoms with E-state index in [0.717, 1.165) is 22.3 Å². The molecule has 2 amide bonds. The van der Waals surface area contributed by atoms with Crippen LogP contribution in [0.4, 0.5) is 4.39 Å². The Bertz CT molecular complexity index is 1090. The average Bonchev–Trinajstić information content (AvgIpc) is 3.24. The molecule has 164 valence electrons. The Labute approximate surface area is 188 Å². The fourth-order valence-corrected chi connectivity index (χ4v) is 4.19. The van der Waals surface area contributed by atoms with Crippen molar-refractivity contribution in [2.24, 2.45) is 5.92 Å². The van der Waals surface area contributed by atoms with Gasteiger partial charge in [0, 0.05) is 31.1 Å². The molecule has 1 aliphatic rings. The molecule has 0 saturated carbocycles. The van der Waals surface area contributed by atoms with E-state index >= 15 is 0 Å². The molecule has 2 unspecified atom stereocenters. The highest BCUT2D eigenvalue weighted by Gasteiger charge is 2.40. The molecule has 5 heteroatoms. The maximum atomic E-state index is 13.2. The van der Waals surface area contributed by atoms with Crippen LogP contribution in [-0.2, 0) is 11.3 Å². The molecule has 1 heterocycles. The highest BCUT2D eigenvalue weighted by molar-refractivity contribution is 5.95. The van der Waals surface area contributed by atoms with E-state index in [1.54, 1.807) is 17.0 Å². The minimum atomic E-state index is -0.354. The van der Waals surface area contributed by atoms with Crippen molar-refractivity contribution >= 4 is 11.8 Å².